The Labute approximate surface area is 157 Å². The predicted octanol–water partition coefficient (Wildman–Crippen LogP) is 5.79. The maximum Gasteiger partial charge on any atom is 0.174 e. The summed E-state index contributed by atoms with van der Waals surface area (Å²) < 4.78 is 11.1. The van der Waals surface area contributed by atoms with Gasteiger partial charge >= 0.3 is 0 Å². The van der Waals surface area contributed by atoms with E-state index in [9.17, 15) is 0 Å². The van der Waals surface area contributed by atoms with Crippen LogP contribution in [0.25, 0.3) is 0 Å². The number of nitrogens with zero attached hydrogens (tertiary/aromatic N) is 1. The molecule has 4 nitrogen and oxygen atoms in total. The van der Waals surface area contributed by atoms with Crippen LogP contribution in [0.15, 0.2) is 63.8 Å². The van der Waals surface area contributed by atoms with Gasteiger partial charge in [-0.15, -0.1) is 0 Å². The molecular weight excluding hydrogens is 356 g/mol. The summed E-state index contributed by atoms with van der Waals surface area (Å²) in [5, 5.41) is 4.53. The lowest BCUT2D eigenvalue weighted by Gasteiger charge is -2.30. The number of hydrogen-bond donors (Lipinski definition) is 1. The summed E-state index contributed by atoms with van der Waals surface area (Å²) in [5.74, 6) is 1.66. The molecule has 3 aromatic rings. The Morgan fingerprint density at radius 2 is 1.96 bits per heavy atom. The summed E-state index contributed by atoms with van der Waals surface area (Å²) in [4.78, 5) is 2.02. The van der Waals surface area contributed by atoms with Gasteiger partial charge in [0.1, 0.15) is 11.5 Å². The van der Waals surface area contributed by atoms with E-state index in [4.69, 9.17) is 32.7 Å². The van der Waals surface area contributed by atoms with Gasteiger partial charge in [0.25, 0.3) is 0 Å². The van der Waals surface area contributed by atoms with E-state index in [1.165, 1.54) is 0 Å². The van der Waals surface area contributed by atoms with Crippen molar-refractivity contribution in [2.45, 2.75) is 26.4 Å². The minimum atomic E-state index is -0.0559. The van der Waals surface area contributed by atoms with Gasteiger partial charge in [-0.25, -0.2) is 0 Å². The molecule has 2 aromatic heterocycles. The molecule has 1 aromatic carbocycles. The minimum Gasteiger partial charge on any atom is -0.467 e. The van der Waals surface area contributed by atoms with Gasteiger partial charge in [0.15, 0.2) is 5.11 Å². The molecule has 1 atom stereocenters. The highest BCUT2D eigenvalue weighted by Gasteiger charge is 2.22. The summed E-state index contributed by atoms with van der Waals surface area (Å²) in [6, 6.07) is 13.2. The van der Waals surface area contributed by atoms with Crippen molar-refractivity contribution in [1.82, 2.24) is 4.90 Å². The van der Waals surface area contributed by atoms with Crippen molar-refractivity contribution in [2.24, 2.45) is 0 Å². The van der Waals surface area contributed by atoms with Crippen LogP contribution >= 0.6 is 23.8 Å². The summed E-state index contributed by atoms with van der Waals surface area (Å²) in [7, 11) is 0. The van der Waals surface area contributed by atoms with Crippen LogP contribution in [0, 0.1) is 6.92 Å². The van der Waals surface area contributed by atoms with Gasteiger partial charge in [0.2, 0.25) is 0 Å². The Morgan fingerprint density at radius 1 is 1.20 bits per heavy atom. The number of hydrogen-bond acceptors (Lipinski definition) is 3. The van der Waals surface area contributed by atoms with Gasteiger partial charge in [-0.2, -0.15) is 0 Å². The molecule has 6 heteroatoms. The molecule has 2 heterocycles. The van der Waals surface area contributed by atoms with Crippen LogP contribution in [0.4, 0.5) is 5.69 Å². The zero-order chi connectivity index (χ0) is 17.8. The van der Waals surface area contributed by atoms with Crippen LogP contribution < -0.4 is 5.32 Å². The third kappa shape index (κ3) is 4.24. The summed E-state index contributed by atoms with van der Waals surface area (Å²) in [6.07, 6.45) is 3.32. The second-order valence-electron chi connectivity index (χ2n) is 5.79. The van der Waals surface area contributed by atoms with Crippen molar-refractivity contribution in [3.63, 3.8) is 0 Å². The van der Waals surface area contributed by atoms with Crippen LogP contribution in [0.1, 0.15) is 30.0 Å². The van der Waals surface area contributed by atoms with Crippen molar-refractivity contribution in [1.29, 1.82) is 0 Å². The third-order valence-corrected chi connectivity index (χ3v) is 4.60. The molecule has 1 unspecified atom stereocenters. The lowest BCUT2D eigenvalue weighted by Crippen LogP contribution is -2.36. The first-order valence-corrected chi connectivity index (χ1v) is 8.73. The number of aryl methyl sites for hydroxylation is 1. The highest BCUT2D eigenvalue weighted by Crippen LogP contribution is 2.26. The standard InChI is InChI=1S/C19H19ClN2O2S/c1-13-7-8-15(20)11-17(13)21-19(25)22(12-16-5-3-9-23-16)14(2)18-6-4-10-24-18/h3-11,14H,12H2,1-2H3,(H,21,25). The molecule has 130 valence electrons. The predicted molar refractivity (Wildman–Crippen MR) is 104 cm³/mol. The third-order valence-electron chi connectivity index (χ3n) is 4.03. The van der Waals surface area contributed by atoms with E-state index in [1.807, 2.05) is 61.2 Å². The lowest BCUT2D eigenvalue weighted by molar-refractivity contribution is 0.269. The van der Waals surface area contributed by atoms with E-state index in [0.717, 1.165) is 22.8 Å². The molecule has 1 N–H and O–H groups in total. The molecule has 0 radical (unpaired) electrons. The molecular formula is C19H19ClN2O2S. The van der Waals surface area contributed by atoms with Crippen LogP contribution in [-0.2, 0) is 6.54 Å². The highest BCUT2D eigenvalue weighted by molar-refractivity contribution is 7.80. The molecule has 0 spiro atoms. The summed E-state index contributed by atoms with van der Waals surface area (Å²) in [6.45, 7) is 4.58. The number of benzene rings is 1. The van der Waals surface area contributed by atoms with Gasteiger partial charge in [0.05, 0.1) is 25.1 Å². The van der Waals surface area contributed by atoms with E-state index in [-0.39, 0.29) is 6.04 Å². The first kappa shape index (κ1) is 17.6. The molecule has 0 aliphatic heterocycles. The van der Waals surface area contributed by atoms with Gasteiger partial charge < -0.3 is 19.1 Å². The Kier molecular flexibility index (Phi) is 5.46. The first-order chi connectivity index (χ1) is 12.0. The summed E-state index contributed by atoms with van der Waals surface area (Å²) >= 11 is 11.8. The molecule has 3 rings (SSSR count). The SMILES string of the molecule is Cc1ccc(Cl)cc1NC(=S)N(Cc1ccco1)C(C)c1ccco1. The van der Waals surface area contributed by atoms with Crippen molar-refractivity contribution in [3.05, 3.63) is 77.1 Å². The topological polar surface area (TPSA) is 41.5 Å². The van der Waals surface area contributed by atoms with Crippen LogP contribution in [0.5, 0.6) is 0 Å². The fraction of sp³-hybridized carbons (Fsp3) is 0.211. The van der Waals surface area contributed by atoms with E-state index in [2.05, 4.69) is 5.32 Å². The molecule has 0 amide bonds. The molecule has 0 bridgehead atoms. The first-order valence-electron chi connectivity index (χ1n) is 7.94. The molecule has 25 heavy (non-hydrogen) atoms. The van der Waals surface area contributed by atoms with Crippen molar-refractivity contribution in [2.75, 3.05) is 5.32 Å². The normalized spacial score (nSPS) is 12.0. The van der Waals surface area contributed by atoms with Gasteiger partial charge in [0, 0.05) is 10.7 Å². The largest absolute Gasteiger partial charge is 0.467 e. The number of furan rings is 2. The molecule has 0 aliphatic carbocycles. The number of halogens is 1. The maximum absolute atomic E-state index is 6.11. The smallest absolute Gasteiger partial charge is 0.174 e. The monoisotopic (exact) mass is 374 g/mol. The Balaban J connectivity index is 1.84. The van der Waals surface area contributed by atoms with Crippen LogP contribution in [0.2, 0.25) is 5.02 Å². The minimum absolute atomic E-state index is 0.0559. The molecule has 0 saturated carbocycles. The zero-order valence-electron chi connectivity index (χ0n) is 14.0. The van der Waals surface area contributed by atoms with Crippen molar-refractivity contribution < 1.29 is 8.83 Å². The number of nitrogens with one attached hydrogen (secondary N) is 1. The van der Waals surface area contributed by atoms with Gasteiger partial charge in [-0.1, -0.05) is 17.7 Å². The van der Waals surface area contributed by atoms with Crippen molar-refractivity contribution >= 4 is 34.6 Å². The van der Waals surface area contributed by atoms with Crippen LogP contribution in [0.3, 0.4) is 0 Å². The Bertz CT molecular complexity index is 831. The second-order valence-corrected chi connectivity index (χ2v) is 6.61. The quantitative estimate of drug-likeness (QED) is 0.572. The zero-order valence-corrected chi connectivity index (χ0v) is 15.6. The molecule has 0 fully saturated rings. The highest BCUT2D eigenvalue weighted by atomic mass is 35.5. The number of anilines is 1. The Morgan fingerprint density at radius 3 is 2.64 bits per heavy atom. The Hall–Kier alpha value is -2.24. The number of thiocarbonyl (C=S) groups is 1. The van der Waals surface area contributed by atoms with Gasteiger partial charge in [-0.05, 0) is 68.0 Å². The fourth-order valence-electron chi connectivity index (χ4n) is 2.55. The van der Waals surface area contributed by atoms with E-state index in [0.29, 0.717) is 16.7 Å². The molecule has 0 saturated heterocycles. The lowest BCUT2D eigenvalue weighted by atomic mass is 10.2. The van der Waals surface area contributed by atoms with Gasteiger partial charge in [-0.3, -0.25) is 0 Å². The average molecular weight is 375 g/mol. The van der Waals surface area contributed by atoms with Crippen molar-refractivity contribution in [3.8, 4) is 0 Å². The van der Waals surface area contributed by atoms with Crippen LogP contribution in [-0.4, -0.2) is 10.0 Å². The van der Waals surface area contributed by atoms with E-state index < -0.39 is 0 Å². The van der Waals surface area contributed by atoms with E-state index >= 15 is 0 Å². The summed E-state index contributed by atoms with van der Waals surface area (Å²) in [5.41, 5.74) is 1.95. The maximum atomic E-state index is 6.11. The second kappa shape index (κ2) is 7.76. The fourth-order valence-corrected chi connectivity index (χ4v) is 3.06. The molecule has 0 aliphatic rings. The number of rotatable bonds is 5. The average Bonchev–Trinajstić information content (AvgIpc) is 3.28. The van der Waals surface area contributed by atoms with E-state index in [1.54, 1.807) is 12.5 Å².